The standard InChI is InChI=1S/C58H37NO2/c1-2-15-47-40(11-1)12-10-19-48(47)43-14-9-13-41(35-43)38-23-29-45(30-24-38)59(46-31-25-39(26-32-46)42-28-34-57-53(36-42)51-18-5-8-22-56(51)60-57)54-20-6-3-16-49(54)44-27-33-52-50-17-4-7-21-55(50)61-58(52)37-44/h1-37H. The van der Waals surface area contributed by atoms with E-state index < -0.39 is 0 Å². The zero-order valence-electron chi connectivity index (χ0n) is 33.1. The maximum absolute atomic E-state index is 6.38. The number of nitrogens with zero attached hydrogens (tertiary/aromatic N) is 1. The zero-order valence-corrected chi connectivity index (χ0v) is 33.1. The van der Waals surface area contributed by atoms with Crippen molar-refractivity contribution in [1.29, 1.82) is 0 Å². The van der Waals surface area contributed by atoms with E-state index in [9.17, 15) is 0 Å². The van der Waals surface area contributed by atoms with Crippen molar-refractivity contribution in [3.8, 4) is 44.5 Å². The summed E-state index contributed by atoms with van der Waals surface area (Å²) in [6, 6.07) is 80.1. The third-order valence-electron chi connectivity index (χ3n) is 12.1. The molecule has 2 aromatic heterocycles. The highest BCUT2D eigenvalue weighted by Crippen LogP contribution is 2.44. The fourth-order valence-electron chi connectivity index (χ4n) is 9.09. The molecule has 10 aromatic carbocycles. The predicted molar refractivity (Wildman–Crippen MR) is 255 cm³/mol. The molecule has 0 fully saturated rings. The third-order valence-corrected chi connectivity index (χ3v) is 12.1. The molecule has 286 valence electrons. The van der Waals surface area contributed by atoms with Crippen molar-refractivity contribution in [2.24, 2.45) is 0 Å². The van der Waals surface area contributed by atoms with E-state index in [1.54, 1.807) is 0 Å². The molecule has 2 heterocycles. The molecule has 3 heteroatoms. The minimum atomic E-state index is 0.877. The largest absolute Gasteiger partial charge is 0.456 e. The predicted octanol–water partition coefficient (Wildman–Crippen LogP) is 16.8. The summed E-state index contributed by atoms with van der Waals surface area (Å²) in [6.45, 7) is 0. The van der Waals surface area contributed by atoms with Gasteiger partial charge >= 0.3 is 0 Å². The number of fused-ring (bicyclic) bond motifs is 7. The summed E-state index contributed by atoms with van der Waals surface area (Å²) in [6.07, 6.45) is 0. The normalized spacial score (nSPS) is 11.6. The first-order valence-corrected chi connectivity index (χ1v) is 20.7. The Morgan fingerprint density at radius 1 is 0.262 bits per heavy atom. The molecular weight excluding hydrogens is 743 g/mol. The molecule has 0 unspecified atom stereocenters. The second-order valence-corrected chi connectivity index (χ2v) is 15.7. The van der Waals surface area contributed by atoms with Gasteiger partial charge < -0.3 is 13.7 Å². The summed E-state index contributed by atoms with van der Waals surface area (Å²) < 4.78 is 12.5. The molecule has 3 nitrogen and oxygen atoms in total. The lowest BCUT2D eigenvalue weighted by Gasteiger charge is -2.28. The smallest absolute Gasteiger partial charge is 0.136 e. The molecule has 0 saturated heterocycles. The number of anilines is 3. The van der Waals surface area contributed by atoms with Crippen LogP contribution in [0.2, 0.25) is 0 Å². The molecule has 12 aromatic rings. The van der Waals surface area contributed by atoms with E-state index in [0.29, 0.717) is 0 Å². The topological polar surface area (TPSA) is 29.5 Å². The van der Waals surface area contributed by atoms with Crippen LogP contribution in [0.25, 0.3) is 99.2 Å². The molecule has 0 amide bonds. The number of rotatable bonds is 7. The summed E-state index contributed by atoms with van der Waals surface area (Å²) in [7, 11) is 0. The van der Waals surface area contributed by atoms with Crippen LogP contribution in [0.5, 0.6) is 0 Å². The Labute approximate surface area is 353 Å². The Kier molecular flexibility index (Phi) is 8.17. The Hall–Kier alpha value is -8.14. The lowest BCUT2D eigenvalue weighted by molar-refractivity contribution is 0.668. The minimum absolute atomic E-state index is 0.877. The number of hydrogen-bond acceptors (Lipinski definition) is 3. The van der Waals surface area contributed by atoms with Crippen LogP contribution < -0.4 is 4.90 Å². The highest BCUT2D eigenvalue weighted by atomic mass is 16.3. The van der Waals surface area contributed by atoms with Crippen LogP contribution in [0.15, 0.2) is 233 Å². The van der Waals surface area contributed by atoms with Crippen molar-refractivity contribution in [2.75, 3.05) is 4.90 Å². The molecule has 0 saturated carbocycles. The van der Waals surface area contributed by atoms with Crippen molar-refractivity contribution in [1.82, 2.24) is 0 Å². The highest BCUT2D eigenvalue weighted by Gasteiger charge is 2.19. The number of benzene rings is 10. The average Bonchev–Trinajstić information content (AvgIpc) is 3.90. The second kappa shape index (κ2) is 14.3. The van der Waals surface area contributed by atoms with E-state index in [-0.39, 0.29) is 0 Å². The van der Waals surface area contributed by atoms with Gasteiger partial charge in [0.2, 0.25) is 0 Å². The van der Waals surface area contributed by atoms with Crippen LogP contribution in [-0.2, 0) is 0 Å². The number of hydrogen-bond donors (Lipinski definition) is 0. The van der Waals surface area contributed by atoms with Crippen LogP contribution in [0.1, 0.15) is 0 Å². The Morgan fingerprint density at radius 2 is 0.754 bits per heavy atom. The molecule has 0 spiro atoms. The van der Waals surface area contributed by atoms with E-state index in [1.807, 2.05) is 24.3 Å². The van der Waals surface area contributed by atoms with Crippen LogP contribution >= 0.6 is 0 Å². The Bertz CT molecular complexity index is 3590. The van der Waals surface area contributed by atoms with Gasteiger partial charge in [-0.3, -0.25) is 0 Å². The van der Waals surface area contributed by atoms with E-state index >= 15 is 0 Å². The lowest BCUT2D eigenvalue weighted by atomic mass is 9.95. The number of furan rings is 2. The Balaban J connectivity index is 0.959. The summed E-state index contributed by atoms with van der Waals surface area (Å²) in [5.74, 6) is 0. The molecule has 0 N–H and O–H groups in total. The zero-order chi connectivity index (χ0) is 40.3. The van der Waals surface area contributed by atoms with Crippen molar-refractivity contribution < 1.29 is 8.83 Å². The summed E-state index contributed by atoms with van der Waals surface area (Å²) in [4.78, 5) is 2.37. The van der Waals surface area contributed by atoms with Gasteiger partial charge in [-0.05, 0) is 123 Å². The maximum atomic E-state index is 6.38. The van der Waals surface area contributed by atoms with Crippen molar-refractivity contribution in [3.63, 3.8) is 0 Å². The first kappa shape index (κ1) is 34.9. The molecule has 0 atom stereocenters. The van der Waals surface area contributed by atoms with Crippen molar-refractivity contribution in [2.45, 2.75) is 0 Å². The van der Waals surface area contributed by atoms with Gasteiger partial charge in [0.1, 0.15) is 22.3 Å². The fraction of sp³-hybridized carbons (Fsp3) is 0. The molecule has 0 bridgehead atoms. The van der Waals surface area contributed by atoms with E-state index in [0.717, 1.165) is 88.8 Å². The van der Waals surface area contributed by atoms with Gasteiger partial charge in [0.25, 0.3) is 0 Å². The van der Waals surface area contributed by atoms with Crippen LogP contribution in [-0.4, -0.2) is 0 Å². The first-order valence-electron chi connectivity index (χ1n) is 20.7. The van der Waals surface area contributed by atoms with Crippen LogP contribution in [0.4, 0.5) is 17.1 Å². The lowest BCUT2D eigenvalue weighted by Crippen LogP contribution is -2.11. The average molecular weight is 780 g/mol. The van der Waals surface area contributed by atoms with Gasteiger partial charge in [0.15, 0.2) is 0 Å². The minimum Gasteiger partial charge on any atom is -0.456 e. The quantitative estimate of drug-likeness (QED) is 0.161. The van der Waals surface area contributed by atoms with Gasteiger partial charge in [-0.2, -0.15) is 0 Å². The van der Waals surface area contributed by atoms with Gasteiger partial charge in [0, 0.05) is 38.5 Å². The van der Waals surface area contributed by atoms with Gasteiger partial charge in [0.05, 0.1) is 5.69 Å². The second-order valence-electron chi connectivity index (χ2n) is 15.7. The SMILES string of the molecule is c1cc(-c2ccc(N(c3ccc(-c4ccc5oc6ccccc6c5c4)cc3)c3ccccc3-c3ccc4c(c3)oc3ccccc34)cc2)cc(-c2cccc3ccccc23)c1. The summed E-state index contributed by atoms with van der Waals surface area (Å²) in [5, 5.41) is 6.99. The molecule has 0 aliphatic carbocycles. The van der Waals surface area contributed by atoms with Gasteiger partial charge in [-0.1, -0.05) is 152 Å². The van der Waals surface area contributed by atoms with Crippen LogP contribution in [0, 0.1) is 0 Å². The van der Waals surface area contributed by atoms with Gasteiger partial charge in [-0.25, -0.2) is 0 Å². The summed E-state index contributed by atoms with van der Waals surface area (Å²) >= 11 is 0. The van der Waals surface area contributed by atoms with Crippen molar-refractivity contribution in [3.05, 3.63) is 224 Å². The van der Waals surface area contributed by atoms with E-state index in [2.05, 4.69) is 205 Å². The van der Waals surface area contributed by atoms with E-state index in [4.69, 9.17) is 8.83 Å². The molecule has 0 aliphatic heterocycles. The summed E-state index contributed by atoms with van der Waals surface area (Å²) in [5.41, 5.74) is 16.0. The first-order chi connectivity index (χ1) is 30.2. The van der Waals surface area contributed by atoms with E-state index in [1.165, 1.54) is 27.5 Å². The monoisotopic (exact) mass is 779 g/mol. The molecule has 12 rings (SSSR count). The molecule has 61 heavy (non-hydrogen) atoms. The highest BCUT2D eigenvalue weighted by molar-refractivity contribution is 6.07. The van der Waals surface area contributed by atoms with Gasteiger partial charge in [-0.15, -0.1) is 0 Å². The fourth-order valence-corrected chi connectivity index (χ4v) is 9.09. The van der Waals surface area contributed by atoms with Crippen molar-refractivity contribution >= 4 is 71.7 Å². The molecule has 0 aliphatic rings. The molecule has 0 radical (unpaired) electrons. The maximum Gasteiger partial charge on any atom is 0.136 e. The number of para-hydroxylation sites is 3. The van der Waals surface area contributed by atoms with Crippen LogP contribution in [0.3, 0.4) is 0 Å². The Morgan fingerprint density at radius 3 is 1.52 bits per heavy atom. The molecular formula is C58H37NO2. The third kappa shape index (κ3) is 6.06.